The van der Waals surface area contributed by atoms with Crippen molar-refractivity contribution in [3.8, 4) is 11.1 Å². The van der Waals surface area contributed by atoms with Crippen molar-refractivity contribution >= 4 is 10.0 Å². The van der Waals surface area contributed by atoms with Crippen LogP contribution in [0, 0.1) is 0 Å². The Kier molecular flexibility index (Phi) is 3.80. The summed E-state index contributed by atoms with van der Waals surface area (Å²) < 4.78 is 27.5. The van der Waals surface area contributed by atoms with Crippen LogP contribution in [0.25, 0.3) is 11.1 Å². The molecule has 1 fully saturated rings. The molecule has 21 heavy (non-hydrogen) atoms. The van der Waals surface area contributed by atoms with E-state index in [4.69, 9.17) is 5.73 Å². The van der Waals surface area contributed by atoms with Gasteiger partial charge in [0, 0.05) is 12.1 Å². The Balaban J connectivity index is 1.85. The summed E-state index contributed by atoms with van der Waals surface area (Å²) in [7, 11) is -3.48. The van der Waals surface area contributed by atoms with Crippen molar-refractivity contribution in [3.05, 3.63) is 54.6 Å². The fourth-order valence-electron chi connectivity index (χ4n) is 2.52. The van der Waals surface area contributed by atoms with Gasteiger partial charge in [0.1, 0.15) is 0 Å². The molecule has 0 heterocycles. The molecule has 2 aromatic rings. The van der Waals surface area contributed by atoms with Crippen molar-refractivity contribution in [3.63, 3.8) is 0 Å². The van der Waals surface area contributed by atoms with Crippen molar-refractivity contribution in [2.75, 3.05) is 0 Å². The monoisotopic (exact) mass is 302 g/mol. The maximum Gasteiger partial charge on any atom is 0.240 e. The van der Waals surface area contributed by atoms with Crippen molar-refractivity contribution in [2.45, 2.75) is 29.8 Å². The van der Waals surface area contributed by atoms with E-state index in [1.54, 1.807) is 18.2 Å². The Bertz CT molecular complexity index is 723. The highest BCUT2D eigenvalue weighted by molar-refractivity contribution is 7.89. The van der Waals surface area contributed by atoms with Gasteiger partial charge in [0.25, 0.3) is 0 Å². The molecule has 1 saturated carbocycles. The van der Waals surface area contributed by atoms with Crippen LogP contribution in [0.15, 0.2) is 59.5 Å². The first kappa shape index (κ1) is 14.3. The molecule has 3 rings (SSSR count). The molecular weight excluding hydrogens is 284 g/mol. The molecule has 5 heteroatoms. The quantitative estimate of drug-likeness (QED) is 0.908. The summed E-state index contributed by atoms with van der Waals surface area (Å²) in [4.78, 5) is 0.296. The summed E-state index contributed by atoms with van der Waals surface area (Å²) in [5, 5.41) is 0. The SMILES string of the molecule is NC1CC(NS(=O)(=O)c2cccc(-c3ccccc3)c2)C1. The smallest absolute Gasteiger partial charge is 0.240 e. The highest BCUT2D eigenvalue weighted by Gasteiger charge is 2.30. The van der Waals surface area contributed by atoms with E-state index in [9.17, 15) is 8.42 Å². The first-order valence-electron chi connectivity index (χ1n) is 6.98. The number of nitrogens with two attached hydrogens (primary N) is 1. The first-order chi connectivity index (χ1) is 10.0. The van der Waals surface area contributed by atoms with Gasteiger partial charge >= 0.3 is 0 Å². The van der Waals surface area contributed by atoms with Crippen LogP contribution in [0.4, 0.5) is 0 Å². The Morgan fingerprint density at radius 1 is 0.952 bits per heavy atom. The maximum atomic E-state index is 12.4. The van der Waals surface area contributed by atoms with E-state index in [2.05, 4.69) is 4.72 Å². The van der Waals surface area contributed by atoms with Crippen LogP contribution in [-0.4, -0.2) is 20.5 Å². The van der Waals surface area contributed by atoms with Crippen molar-refractivity contribution in [1.29, 1.82) is 0 Å². The molecule has 0 atom stereocenters. The standard InChI is InChI=1S/C16H18N2O2S/c17-14-10-15(11-14)18-21(19,20)16-8-4-7-13(9-16)12-5-2-1-3-6-12/h1-9,14-15,18H,10-11,17H2. The number of sulfonamides is 1. The van der Waals surface area contributed by atoms with E-state index in [1.807, 2.05) is 36.4 Å². The van der Waals surface area contributed by atoms with Crippen LogP contribution in [0.3, 0.4) is 0 Å². The topological polar surface area (TPSA) is 72.2 Å². The lowest BCUT2D eigenvalue weighted by molar-refractivity contribution is 0.327. The van der Waals surface area contributed by atoms with Gasteiger partial charge in [0.15, 0.2) is 0 Å². The van der Waals surface area contributed by atoms with Gasteiger partial charge < -0.3 is 5.73 Å². The Morgan fingerprint density at radius 2 is 1.62 bits per heavy atom. The predicted molar refractivity (Wildman–Crippen MR) is 83.2 cm³/mol. The van der Waals surface area contributed by atoms with E-state index < -0.39 is 10.0 Å². The van der Waals surface area contributed by atoms with Crippen LogP contribution in [0.2, 0.25) is 0 Å². The summed E-state index contributed by atoms with van der Waals surface area (Å²) >= 11 is 0. The number of benzene rings is 2. The van der Waals surface area contributed by atoms with Crippen LogP contribution >= 0.6 is 0 Å². The Morgan fingerprint density at radius 3 is 2.29 bits per heavy atom. The molecule has 2 aromatic carbocycles. The van der Waals surface area contributed by atoms with Crippen molar-refractivity contribution < 1.29 is 8.42 Å². The molecule has 0 unspecified atom stereocenters. The molecular formula is C16H18N2O2S. The first-order valence-corrected chi connectivity index (χ1v) is 8.46. The number of hydrogen-bond donors (Lipinski definition) is 2. The Labute approximate surface area is 125 Å². The van der Waals surface area contributed by atoms with Gasteiger partial charge in [0.05, 0.1) is 4.90 Å². The fourth-order valence-corrected chi connectivity index (χ4v) is 3.83. The summed E-state index contributed by atoms with van der Waals surface area (Å²) in [5.41, 5.74) is 7.58. The molecule has 0 aliphatic heterocycles. The van der Waals surface area contributed by atoms with Crippen molar-refractivity contribution in [2.24, 2.45) is 5.73 Å². The molecule has 0 spiro atoms. The molecule has 0 saturated heterocycles. The second-order valence-corrected chi connectivity index (χ2v) is 7.16. The zero-order chi connectivity index (χ0) is 14.9. The molecule has 0 amide bonds. The lowest BCUT2D eigenvalue weighted by Gasteiger charge is -2.32. The molecule has 1 aliphatic carbocycles. The maximum absolute atomic E-state index is 12.4. The van der Waals surface area contributed by atoms with Crippen LogP contribution < -0.4 is 10.5 Å². The molecule has 0 bridgehead atoms. The molecule has 110 valence electrons. The van der Waals surface area contributed by atoms with Crippen LogP contribution in [0.5, 0.6) is 0 Å². The average Bonchev–Trinajstić information content (AvgIpc) is 2.47. The van der Waals surface area contributed by atoms with Gasteiger partial charge in [-0.3, -0.25) is 0 Å². The zero-order valence-corrected chi connectivity index (χ0v) is 12.4. The molecule has 0 aromatic heterocycles. The van der Waals surface area contributed by atoms with Gasteiger partial charge in [-0.25, -0.2) is 13.1 Å². The summed E-state index contributed by atoms with van der Waals surface area (Å²) in [6, 6.07) is 16.8. The molecule has 0 radical (unpaired) electrons. The highest BCUT2D eigenvalue weighted by Crippen LogP contribution is 2.24. The molecule has 4 nitrogen and oxygen atoms in total. The minimum atomic E-state index is -3.48. The van der Waals surface area contributed by atoms with Gasteiger partial charge in [-0.05, 0) is 36.1 Å². The van der Waals surface area contributed by atoms with E-state index in [-0.39, 0.29) is 12.1 Å². The predicted octanol–water partition coefficient (Wildman–Crippen LogP) is 2.12. The Hall–Kier alpha value is -1.69. The van der Waals surface area contributed by atoms with Gasteiger partial charge in [-0.2, -0.15) is 0 Å². The van der Waals surface area contributed by atoms with E-state index in [0.717, 1.165) is 11.1 Å². The molecule has 1 aliphatic rings. The van der Waals surface area contributed by atoms with Gasteiger partial charge in [-0.1, -0.05) is 42.5 Å². The third-order valence-electron chi connectivity index (χ3n) is 3.75. The largest absolute Gasteiger partial charge is 0.328 e. The summed E-state index contributed by atoms with van der Waals surface area (Å²) in [5.74, 6) is 0. The average molecular weight is 302 g/mol. The van der Waals surface area contributed by atoms with Crippen LogP contribution in [-0.2, 0) is 10.0 Å². The zero-order valence-electron chi connectivity index (χ0n) is 11.6. The number of hydrogen-bond acceptors (Lipinski definition) is 3. The number of nitrogens with one attached hydrogen (secondary N) is 1. The highest BCUT2D eigenvalue weighted by atomic mass is 32.2. The fraction of sp³-hybridized carbons (Fsp3) is 0.250. The normalized spacial score (nSPS) is 21.8. The summed E-state index contributed by atoms with van der Waals surface area (Å²) in [6.07, 6.45) is 1.41. The van der Waals surface area contributed by atoms with E-state index >= 15 is 0 Å². The van der Waals surface area contributed by atoms with Crippen LogP contribution in [0.1, 0.15) is 12.8 Å². The van der Waals surface area contributed by atoms with E-state index in [1.165, 1.54) is 0 Å². The third-order valence-corrected chi connectivity index (χ3v) is 5.27. The minimum Gasteiger partial charge on any atom is -0.328 e. The van der Waals surface area contributed by atoms with Gasteiger partial charge in [-0.15, -0.1) is 0 Å². The minimum absolute atomic E-state index is 0.0367. The lowest BCUT2D eigenvalue weighted by Crippen LogP contribution is -2.50. The van der Waals surface area contributed by atoms with E-state index in [0.29, 0.717) is 17.7 Å². The second-order valence-electron chi connectivity index (χ2n) is 5.44. The van der Waals surface area contributed by atoms with Gasteiger partial charge in [0.2, 0.25) is 10.0 Å². The third kappa shape index (κ3) is 3.15. The van der Waals surface area contributed by atoms with Crippen molar-refractivity contribution in [1.82, 2.24) is 4.72 Å². The lowest BCUT2D eigenvalue weighted by atomic mass is 9.89. The number of rotatable bonds is 4. The second kappa shape index (κ2) is 5.60. The summed E-state index contributed by atoms with van der Waals surface area (Å²) in [6.45, 7) is 0. The molecule has 3 N–H and O–H groups in total.